The summed E-state index contributed by atoms with van der Waals surface area (Å²) in [4.78, 5) is 38.0. The lowest BCUT2D eigenvalue weighted by Gasteiger charge is -2.31. The van der Waals surface area contributed by atoms with Crippen molar-refractivity contribution in [2.75, 3.05) is 19.8 Å². The summed E-state index contributed by atoms with van der Waals surface area (Å²) < 4.78 is 63.7. The molecule has 2 heterocycles. The largest absolute Gasteiger partial charge is 0.493 e. The van der Waals surface area contributed by atoms with Crippen molar-refractivity contribution in [3.05, 3.63) is 98.2 Å². The van der Waals surface area contributed by atoms with Crippen LogP contribution >= 0.6 is 0 Å². The summed E-state index contributed by atoms with van der Waals surface area (Å²) in [7, 11) is 0. The Morgan fingerprint density at radius 3 is 2.26 bits per heavy atom. The number of nitrogens with one attached hydrogen (secondary N) is 1. The number of hydrogen-bond acceptors (Lipinski definition) is 8. The highest BCUT2D eigenvalue weighted by Crippen LogP contribution is 2.44. The van der Waals surface area contributed by atoms with Gasteiger partial charge in [0.1, 0.15) is 11.3 Å². The molecule has 0 saturated heterocycles. The first-order valence-electron chi connectivity index (χ1n) is 13.3. The van der Waals surface area contributed by atoms with E-state index in [1.54, 1.807) is 32.0 Å². The predicted molar refractivity (Wildman–Crippen MR) is 148 cm³/mol. The molecule has 4 rings (SSSR count). The fourth-order valence-electron chi connectivity index (χ4n) is 4.95. The number of aryl methyl sites for hydroxylation is 1. The first-order valence-corrected chi connectivity index (χ1v) is 13.3. The second-order valence-corrected chi connectivity index (χ2v) is 9.69. The van der Waals surface area contributed by atoms with Crippen LogP contribution in [0.15, 0.2) is 80.3 Å². The highest BCUT2D eigenvalue weighted by Gasteiger charge is 2.43. The molecular formula is C31H30F3NO7. The van der Waals surface area contributed by atoms with Crippen LogP contribution in [-0.4, -0.2) is 31.8 Å². The zero-order valence-electron chi connectivity index (χ0n) is 23.5. The van der Waals surface area contributed by atoms with Crippen molar-refractivity contribution in [2.45, 2.75) is 46.2 Å². The lowest BCUT2D eigenvalue weighted by atomic mass is 9.78. The fourth-order valence-corrected chi connectivity index (χ4v) is 4.95. The number of carbonyl (C=O) groups is 2. The first kappa shape index (κ1) is 30.4. The van der Waals surface area contributed by atoms with Crippen molar-refractivity contribution in [1.29, 1.82) is 0 Å². The van der Waals surface area contributed by atoms with E-state index in [2.05, 4.69) is 5.32 Å². The summed E-state index contributed by atoms with van der Waals surface area (Å²) in [6.07, 6.45) is -4.48. The molecule has 8 nitrogen and oxygen atoms in total. The average molecular weight is 586 g/mol. The lowest BCUT2D eigenvalue weighted by molar-refractivity contribution is -0.142. The Labute approximate surface area is 239 Å². The zero-order chi connectivity index (χ0) is 30.6. The topological polar surface area (TPSA) is 104 Å². The van der Waals surface area contributed by atoms with E-state index in [9.17, 15) is 27.6 Å². The molecule has 2 aromatic carbocycles. The molecule has 1 N–H and O–H groups in total. The third kappa shape index (κ3) is 6.50. The average Bonchev–Trinajstić information content (AvgIpc) is 2.91. The number of esters is 2. The van der Waals surface area contributed by atoms with Crippen LogP contribution < -0.4 is 15.7 Å². The minimum Gasteiger partial charge on any atom is -0.493 e. The number of ether oxygens (including phenoxy) is 3. The standard InChI is InChI=1S/C31H30F3NO7/c1-5-39-29(37)26-18(3)35-19(4)27(28(26)22-9-6-7-10-23(22)31(32,33)34)30(38)41-14-8-13-40-20-11-12-21-17(2)15-25(36)42-24(21)16-20/h6-7,9-12,15-16,28,35H,5,8,13-14H2,1-4H3. The molecule has 0 radical (unpaired) electrons. The molecule has 0 fully saturated rings. The Bertz CT molecular complexity index is 1640. The smallest absolute Gasteiger partial charge is 0.416 e. The van der Waals surface area contributed by atoms with Crippen LogP contribution in [0.3, 0.4) is 0 Å². The van der Waals surface area contributed by atoms with Gasteiger partial charge in [0.25, 0.3) is 0 Å². The molecule has 1 aliphatic heterocycles. The molecule has 1 unspecified atom stereocenters. The van der Waals surface area contributed by atoms with Crippen molar-refractivity contribution in [1.82, 2.24) is 5.32 Å². The molecule has 0 bridgehead atoms. The molecule has 0 amide bonds. The molecule has 42 heavy (non-hydrogen) atoms. The van der Waals surface area contributed by atoms with Gasteiger partial charge < -0.3 is 23.9 Å². The van der Waals surface area contributed by atoms with Gasteiger partial charge in [-0.05, 0) is 57.0 Å². The van der Waals surface area contributed by atoms with E-state index >= 15 is 0 Å². The van der Waals surface area contributed by atoms with Crippen LogP contribution in [0.5, 0.6) is 5.75 Å². The van der Waals surface area contributed by atoms with Crippen LogP contribution in [0, 0.1) is 6.92 Å². The Balaban J connectivity index is 1.52. The Hall–Kier alpha value is -4.54. The van der Waals surface area contributed by atoms with Gasteiger partial charge in [0.05, 0.1) is 42.4 Å². The summed E-state index contributed by atoms with van der Waals surface area (Å²) in [5.74, 6) is -2.64. The maximum absolute atomic E-state index is 14.0. The van der Waals surface area contributed by atoms with E-state index in [4.69, 9.17) is 18.6 Å². The van der Waals surface area contributed by atoms with Gasteiger partial charge in [0.15, 0.2) is 0 Å². The number of fused-ring (bicyclic) bond motifs is 1. The minimum absolute atomic E-state index is 0.00527. The minimum atomic E-state index is -4.74. The zero-order valence-corrected chi connectivity index (χ0v) is 23.5. The summed E-state index contributed by atoms with van der Waals surface area (Å²) in [6.45, 7) is 6.48. The van der Waals surface area contributed by atoms with Gasteiger partial charge >= 0.3 is 23.7 Å². The number of benzene rings is 2. The Morgan fingerprint density at radius 2 is 1.60 bits per heavy atom. The summed E-state index contributed by atoms with van der Waals surface area (Å²) >= 11 is 0. The molecule has 222 valence electrons. The van der Waals surface area contributed by atoms with Gasteiger partial charge in [0.2, 0.25) is 0 Å². The lowest BCUT2D eigenvalue weighted by Crippen LogP contribution is -2.33. The van der Waals surface area contributed by atoms with Crippen LogP contribution in [0.4, 0.5) is 13.2 Å². The number of dihydropyridines is 1. The van der Waals surface area contributed by atoms with Crippen molar-refractivity contribution >= 4 is 22.9 Å². The number of alkyl halides is 3. The molecule has 0 saturated carbocycles. The number of allylic oxidation sites excluding steroid dienone is 2. The van der Waals surface area contributed by atoms with Gasteiger partial charge in [0, 0.05) is 35.3 Å². The third-order valence-corrected chi connectivity index (χ3v) is 6.77. The fraction of sp³-hybridized carbons (Fsp3) is 0.323. The van der Waals surface area contributed by atoms with Crippen LogP contribution in [0.25, 0.3) is 11.0 Å². The molecular weight excluding hydrogens is 555 g/mol. The number of halogens is 3. The van der Waals surface area contributed by atoms with Crippen molar-refractivity contribution in [3.8, 4) is 5.75 Å². The molecule has 1 atom stereocenters. The molecule has 1 aromatic heterocycles. The second-order valence-electron chi connectivity index (χ2n) is 9.69. The van der Waals surface area contributed by atoms with E-state index < -0.39 is 35.2 Å². The number of hydrogen-bond donors (Lipinski definition) is 1. The van der Waals surface area contributed by atoms with Gasteiger partial charge in [-0.3, -0.25) is 0 Å². The van der Waals surface area contributed by atoms with Gasteiger partial charge in [-0.2, -0.15) is 13.2 Å². The highest BCUT2D eigenvalue weighted by atomic mass is 19.4. The Morgan fingerprint density at radius 1 is 0.929 bits per heavy atom. The van der Waals surface area contributed by atoms with E-state index in [-0.39, 0.29) is 54.3 Å². The Kier molecular flexibility index (Phi) is 9.08. The van der Waals surface area contributed by atoms with Crippen molar-refractivity contribution < 1.29 is 41.4 Å². The maximum Gasteiger partial charge on any atom is 0.416 e. The molecule has 0 spiro atoms. The van der Waals surface area contributed by atoms with E-state index in [1.165, 1.54) is 38.1 Å². The predicted octanol–water partition coefficient (Wildman–Crippen LogP) is 5.93. The summed E-state index contributed by atoms with van der Waals surface area (Å²) in [6, 6.07) is 11.3. The summed E-state index contributed by atoms with van der Waals surface area (Å²) in [5, 5.41) is 3.70. The SMILES string of the molecule is CCOC(=O)C1=C(C)NC(C)=C(C(=O)OCCCOc2ccc3c(C)cc(=O)oc3c2)C1c1ccccc1C(F)(F)F. The molecule has 1 aliphatic rings. The number of carbonyl (C=O) groups excluding carboxylic acids is 2. The molecule has 11 heteroatoms. The maximum atomic E-state index is 14.0. The van der Waals surface area contributed by atoms with Crippen molar-refractivity contribution in [2.24, 2.45) is 0 Å². The van der Waals surface area contributed by atoms with Crippen molar-refractivity contribution in [3.63, 3.8) is 0 Å². The second kappa shape index (κ2) is 12.5. The molecule has 0 aliphatic carbocycles. The van der Waals surface area contributed by atoms with Gasteiger partial charge in [-0.1, -0.05) is 18.2 Å². The first-order chi connectivity index (χ1) is 19.9. The van der Waals surface area contributed by atoms with Gasteiger partial charge in [-0.25, -0.2) is 14.4 Å². The van der Waals surface area contributed by atoms with Gasteiger partial charge in [-0.15, -0.1) is 0 Å². The third-order valence-electron chi connectivity index (χ3n) is 6.77. The van der Waals surface area contributed by atoms with Crippen LogP contribution in [0.1, 0.15) is 49.8 Å². The quantitative estimate of drug-likeness (QED) is 0.187. The normalized spacial score (nSPS) is 15.5. The van der Waals surface area contributed by atoms with E-state index in [1.807, 2.05) is 0 Å². The summed E-state index contributed by atoms with van der Waals surface area (Å²) in [5.41, 5.74) is -0.250. The van der Waals surface area contributed by atoms with E-state index in [0.717, 1.165) is 17.0 Å². The number of rotatable bonds is 9. The molecule has 3 aromatic rings. The van der Waals surface area contributed by atoms with E-state index in [0.29, 0.717) is 11.3 Å². The van der Waals surface area contributed by atoms with Crippen LogP contribution in [0.2, 0.25) is 0 Å². The highest BCUT2D eigenvalue weighted by molar-refractivity contribution is 6.00. The monoisotopic (exact) mass is 585 g/mol. The van der Waals surface area contributed by atoms with Crippen LogP contribution in [-0.2, 0) is 25.2 Å².